The fourth-order valence-corrected chi connectivity index (χ4v) is 10.6. The normalized spacial score (nSPS) is 15.5. The number of benzene rings is 3. The number of fused-ring (bicyclic) bond motifs is 3. The molecule has 16 nitrogen and oxygen atoms in total. The summed E-state index contributed by atoms with van der Waals surface area (Å²) in [4.78, 5) is 60.9. The number of hydrogen-bond acceptors (Lipinski definition) is 10. The molecule has 5 heterocycles. The summed E-state index contributed by atoms with van der Waals surface area (Å²) in [5.74, 6) is -1.18. The lowest BCUT2D eigenvalue weighted by molar-refractivity contribution is -0.144. The quantitative estimate of drug-likeness (QED) is 0.0480. The van der Waals surface area contributed by atoms with Gasteiger partial charge in [0, 0.05) is 74.3 Å². The van der Waals surface area contributed by atoms with Gasteiger partial charge in [0.15, 0.2) is 5.65 Å². The highest BCUT2D eigenvalue weighted by atomic mass is 32.1. The van der Waals surface area contributed by atoms with Gasteiger partial charge in [-0.2, -0.15) is 18.3 Å². The van der Waals surface area contributed by atoms with E-state index in [4.69, 9.17) is 0 Å². The molecule has 1 fully saturated rings. The third kappa shape index (κ3) is 13.3. The summed E-state index contributed by atoms with van der Waals surface area (Å²) < 4.78 is 45.1. The number of rotatable bonds is 22. The molecular weight excluding hydrogens is 984 g/mol. The standard InChI is InChI=1S/C55H66F3N11O5S/c1-35-48(75-34-61-35)37-18-16-36(17-19-37)30-60-52(73)46-29-42(70)32-67(46)53(74)49(54(2,3)4)63-47(71)15-11-9-10-14-41-31-62-65-68(41)27-13-8-6-7-12-26-59-51(72)38-20-25-45-43(28-38)44-33-66(5)64-50(44)69(45)40-23-21-39(22-24-40)55(56,57)58/h16-25,28,31,33-34,42,46,49,70H,6-15,26-27,29-30,32H2,1-5H3,(H,59,72)(H,60,73)(H,63,71)/t42-,46+,49?/m1/s1. The number of likely N-dealkylation sites (tertiary alicyclic amines) is 1. The van der Waals surface area contributed by atoms with Crippen LogP contribution in [0.3, 0.4) is 0 Å². The van der Waals surface area contributed by atoms with Gasteiger partial charge in [-0.1, -0.05) is 75.9 Å². The number of carbonyl (C=O) groups excluding carboxylic acids is 4. The largest absolute Gasteiger partial charge is 0.416 e. The minimum absolute atomic E-state index is 0.00760. The maximum atomic E-state index is 14.1. The maximum absolute atomic E-state index is 14.1. The highest BCUT2D eigenvalue weighted by molar-refractivity contribution is 7.13. The van der Waals surface area contributed by atoms with Crippen molar-refractivity contribution in [2.24, 2.45) is 12.5 Å². The molecule has 1 unspecified atom stereocenters. The van der Waals surface area contributed by atoms with E-state index in [1.165, 1.54) is 17.0 Å². The van der Waals surface area contributed by atoms with Crippen molar-refractivity contribution in [2.75, 3.05) is 13.1 Å². The molecular formula is C55H66F3N11O5S. The Kier molecular flexibility index (Phi) is 17.2. The zero-order valence-electron chi connectivity index (χ0n) is 43.1. The van der Waals surface area contributed by atoms with Crippen molar-refractivity contribution in [1.29, 1.82) is 0 Å². The van der Waals surface area contributed by atoms with Gasteiger partial charge in [0.25, 0.3) is 5.91 Å². The third-order valence-corrected chi connectivity index (χ3v) is 14.8. The number of carbonyl (C=O) groups is 4. The second kappa shape index (κ2) is 23.7. The van der Waals surface area contributed by atoms with Gasteiger partial charge in [0.1, 0.15) is 12.1 Å². The first-order valence-electron chi connectivity index (χ1n) is 25.7. The van der Waals surface area contributed by atoms with Crippen LogP contribution in [0.15, 0.2) is 84.6 Å². The summed E-state index contributed by atoms with van der Waals surface area (Å²) in [6, 6.07) is 16.4. The molecule has 398 valence electrons. The van der Waals surface area contributed by atoms with Crippen LogP contribution in [0.4, 0.5) is 13.2 Å². The van der Waals surface area contributed by atoms with Gasteiger partial charge in [-0.05, 0) is 98.0 Å². The number of aliphatic hydroxyl groups excluding tert-OH is 1. The Hall–Kier alpha value is -6.93. The van der Waals surface area contributed by atoms with Gasteiger partial charge in [-0.25, -0.2) is 9.67 Å². The van der Waals surface area contributed by atoms with E-state index in [0.29, 0.717) is 29.9 Å². The molecule has 1 aliphatic rings. The van der Waals surface area contributed by atoms with E-state index in [0.717, 1.165) is 114 Å². The molecule has 75 heavy (non-hydrogen) atoms. The Balaban J connectivity index is 0.716. The molecule has 4 aromatic heterocycles. The van der Waals surface area contributed by atoms with E-state index in [9.17, 15) is 37.5 Å². The number of alkyl halides is 3. The van der Waals surface area contributed by atoms with Crippen molar-refractivity contribution in [3.05, 3.63) is 113 Å². The Morgan fingerprint density at radius 3 is 2.33 bits per heavy atom. The lowest BCUT2D eigenvalue weighted by Crippen LogP contribution is -2.57. The monoisotopic (exact) mass is 1050 g/mol. The number of nitrogens with zero attached hydrogens (tertiary/aromatic N) is 8. The van der Waals surface area contributed by atoms with Crippen molar-refractivity contribution >= 4 is 56.9 Å². The fraction of sp³-hybridized carbons (Fsp3) is 0.455. The number of nitrogens with one attached hydrogen (secondary N) is 3. The smallest absolute Gasteiger partial charge is 0.391 e. The molecule has 3 atom stereocenters. The van der Waals surface area contributed by atoms with Crippen molar-refractivity contribution in [3.8, 4) is 16.1 Å². The average molecular weight is 1050 g/mol. The lowest BCUT2D eigenvalue weighted by Gasteiger charge is -2.35. The van der Waals surface area contributed by atoms with E-state index in [1.807, 2.05) is 68.3 Å². The summed E-state index contributed by atoms with van der Waals surface area (Å²) in [6.07, 6.45) is 6.37. The zero-order chi connectivity index (χ0) is 53.4. The number of β-amino-alcohol motifs (C(OH)–C–C–N with tert-alkyl or cyclic N) is 1. The fourth-order valence-electron chi connectivity index (χ4n) is 9.76. The van der Waals surface area contributed by atoms with Gasteiger partial charge in [-0.3, -0.25) is 28.4 Å². The molecule has 20 heteroatoms. The molecule has 1 saturated heterocycles. The van der Waals surface area contributed by atoms with Crippen LogP contribution in [0.1, 0.15) is 118 Å². The predicted molar refractivity (Wildman–Crippen MR) is 282 cm³/mol. The van der Waals surface area contributed by atoms with Crippen LogP contribution in [0, 0.1) is 12.3 Å². The number of unbranched alkanes of at least 4 members (excludes halogenated alkanes) is 6. The highest BCUT2D eigenvalue weighted by Gasteiger charge is 2.44. The predicted octanol–water partition coefficient (Wildman–Crippen LogP) is 8.85. The van der Waals surface area contributed by atoms with E-state index in [2.05, 4.69) is 36.3 Å². The van der Waals surface area contributed by atoms with Crippen molar-refractivity contribution in [3.63, 3.8) is 0 Å². The Bertz CT molecular complexity index is 3100. The molecule has 0 saturated carbocycles. The minimum Gasteiger partial charge on any atom is -0.391 e. The van der Waals surface area contributed by atoms with Gasteiger partial charge in [0.05, 0.1) is 45.2 Å². The number of aromatic nitrogens is 7. The zero-order valence-corrected chi connectivity index (χ0v) is 43.9. The van der Waals surface area contributed by atoms with Gasteiger partial charge < -0.3 is 26.0 Å². The van der Waals surface area contributed by atoms with Crippen LogP contribution in [0.25, 0.3) is 38.1 Å². The topological polar surface area (TPSA) is 194 Å². The molecule has 0 bridgehead atoms. The van der Waals surface area contributed by atoms with Crippen LogP contribution < -0.4 is 16.0 Å². The Labute approximate surface area is 438 Å². The van der Waals surface area contributed by atoms with Crippen LogP contribution in [-0.2, 0) is 47.1 Å². The summed E-state index contributed by atoms with van der Waals surface area (Å²) in [6.45, 7) is 9.12. The second-order valence-corrected chi connectivity index (χ2v) is 21.5. The number of aliphatic hydroxyl groups is 1. The SMILES string of the molecule is Cc1ncsc1-c1ccc(CNC(=O)[C@@H]2C[C@@H](O)CN2C(=O)C(NC(=O)CCCCCc2cnnn2CCCCCCCNC(=O)c2ccc3c(c2)c2cn(C)nc2n3-c2ccc(C(F)(F)F)cc2)C(C)(C)C)cc1. The van der Waals surface area contributed by atoms with Gasteiger partial charge >= 0.3 is 6.18 Å². The molecule has 8 rings (SSSR count). The maximum Gasteiger partial charge on any atom is 0.416 e. The second-order valence-electron chi connectivity index (χ2n) is 20.6. The van der Waals surface area contributed by atoms with Gasteiger partial charge in [-0.15, -0.1) is 16.4 Å². The van der Waals surface area contributed by atoms with E-state index in [1.54, 1.807) is 52.0 Å². The van der Waals surface area contributed by atoms with Crippen LogP contribution >= 0.6 is 11.3 Å². The molecule has 0 aliphatic carbocycles. The molecule has 1 aliphatic heterocycles. The third-order valence-electron chi connectivity index (χ3n) is 13.8. The summed E-state index contributed by atoms with van der Waals surface area (Å²) in [5, 5.41) is 34.1. The van der Waals surface area contributed by atoms with Crippen molar-refractivity contribution < 1.29 is 37.5 Å². The number of amides is 4. The summed E-state index contributed by atoms with van der Waals surface area (Å²) in [5.41, 5.74) is 6.72. The minimum atomic E-state index is -4.44. The lowest BCUT2D eigenvalue weighted by atomic mass is 9.85. The molecule has 7 aromatic rings. The van der Waals surface area contributed by atoms with Crippen molar-refractivity contribution in [1.82, 2.24) is 55.2 Å². The number of hydrogen-bond donors (Lipinski definition) is 4. The molecule has 4 N–H and O–H groups in total. The van der Waals surface area contributed by atoms with Gasteiger partial charge in [0.2, 0.25) is 17.7 Å². The molecule has 3 aromatic carbocycles. The molecule has 0 radical (unpaired) electrons. The van der Waals surface area contributed by atoms with Crippen molar-refractivity contribution in [2.45, 2.75) is 136 Å². The van der Waals surface area contributed by atoms with Crippen LogP contribution in [0.5, 0.6) is 0 Å². The average Bonchev–Trinajstić information content (AvgIpc) is 4.24. The summed E-state index contributed by atoms with van der Waals surface area (Å²) >= 11 is 1.57. The van der Waals surface area contributed by atoms with Crippen LogP contribution in [0.2, 0.25) is 0 Å². The first kappa shape index (κ1) is 54.3. The Morgan fingerprint density at radius 1 is 0.880 bits per heavy atom. The molecule has 4 amide bonds. The first-order chi connectivity index (χ1) is 35.8. The molecule has 0 spiro atoms. The number of halogens is 3. The van der Waals surface area contributed by atoms with E-state index in [-0.39, 0.29) is 49.6 Å². The number of thiazole rings is 1. The van der Waals surface area contributed by atoms with E-state index < -0.39 is 35.3 Å². The Morgan fingerprint density at radius 2 is 1.61 bits per heavy atom. The highest BCUT2D eigenvalue weighted by Crippen LogP contribution is 2.35. The number of aryl methyl sites for hydroxylation is 4. The first-order valence-corrected chi connectivity index (χ1v) is 26.6. The van der Waals surface area contributed by atoms with Crippen LogP contribution in [-0.4, -0.2) is 99.2 Å². The summed E-state index contributed by atoms with van der Waals surface area (Å²) in [7, 11) is 1.77. The van der Waals surface area contributed by atoms with E-state index >= 15 is 0 Å².